The first-order valence-electron chi connectivity index (χ1n) is 8.20. The lowest BCUT2D eigenvalue weighted by Crippen LogP contribution is -2.33. The molecule has 18 heavy (non-hydrogen) atoms. The van der Waals surface area contributed by atoms with Crippen molar-refractivity contribution >= 4 is 0 Å². The zero-order valence-electron chi connectivity index (χ0n) is 13.0. The van der Waals surface area contributed by atoms with E-state index in [0.29, 0.717) is 5.41 Å². The zero-order chi connectivity index (χ0) is 13.2. The molecule has 2 fully saturated rings. The third kappa shape index (κ3) is 3.98. The van der Waals surface area contributed by atoms with E-state index in [0.717, 1.165) is 23.8 Å². The summed E-state index contributed by atoms with van der Waals surface area (Å²) in [6.07, 6.45) is 10.1. The Bertz CT molecular complexity index is 258. The lowest BCUT2D eigenvalue weighted by molar-refractivity contribution is 0.261. The quantitative estimate of drug-likeness (QED) is 0.769. The van der Waals surface area contributed by atoms with E-state index < -0.39 is 0 Å². The van der Waals surface area contributed by atoms with Gasteiger partial charge in [-0.3, -0.25) is 0 Å². The van der Waals surface area contributed by atoms with Gasteiger partial charge in [-0.25, -0.2) is 0 Å². The van der Waals surface area contributed by atoms with Gasteiger partial charge >= 0.3 is 0 Å². The van der Waals surface area contributed by atoms with Crippen molar-refractivity contribution in [3.63, 3.8) is 0 Å². The summed E-state index contributed by atoms with van der Waals surface area (Å²) in [5, 5.41) is 3.85. The zero-order valence-corrected chi connectivity index (χ0v) is 13.0. The van der Waals surface area contributed by atoms with Crippen molar-refractivity contribution in [2.24, 2.45) is 23.2 Å². The van der Waals surface area contributed by atoms with Gasteiger partial charge in [0.1, 0.15) is 0 Å². The van der Waals surface area contributed by atoms with E-state index in [1.165, 1.54) is 51.5 Å². The van der Waals surface area contributed by atoms with E-state index in [1.54, 1.807) is 0 Å². The molecule has 0 radical (unpaired) electrons. The fourth-order valence-corrected chi connectivity index (χ4v) is 4.46. The molecule has 4 unspecified atom stereocenters. The molecule has 2 aliphatic carbocycles. The minimum Gasteiger partial charge on any atom is -0.314 e. The molecule has 1 nitrogen and oxygen atoms in total. The lowest BCUT2D eigenvalue weighted by Gasteiger charge is -2.27. The van der Waals surface area contributed by atoms with Gasteiger partial charge in [-0.2, -0.15) is 0 Å². The highest BCUT2D eigenvalue weighted by Crippen LogP contribution is 2.40. The van der Waals surface area contributed by atoms with Crippen LogP contribution in [0.2, 0.25) is 0 Å². The molecule has 0 heterocycles. The van der Waals surface area contributed by atoms with Crippen LogP contribution in [0.3, 0.4) is 0 Å². The summed E-state index contributed by atoms with van der Waals surface area (Å²) >= 11 is 0. The Hall–Kier alpha value is -0.0400. The van der Waals surface area contributed by atoms with Crippen LogP contribution in [0.15, 0.2) is 0 Å². The van der Waals surface area contributed by atoms with Gasteiger partial charge in [0.05, 0.1) is 0 Å². The molecule has 0 amide bonds. The Morgan fingerprint density at radius 1 is 1.11 bits per heavy atom. The summed E-state index contributed by atoms with van der Waals surface area (Å²) in [7, 11) is 0. The fraction of sp³-hybridized carbons (Fsp3) is 1.00. The van der Waals surface area contributed by atoms with Crippen molar-refractivity contribution in [3.05, 3.63) is 0 Å². The van der Waals surface area contributed by atoms with Crippen LogP contribution >= 0.6 is 0 Å². The van der Waals surface area contributed by atoms with Gasteiger partial charge in [0.25, 0.3) is 0 Å². The van der Waals surface area contributed by atoms with Crippen molar-refractivity contribution in [3.8, 4) is 0 Å². The maximum Gasteiger partial charge on any atom is 0.00979 e. The van der Waals surface area contributed by atoms with Crippen molar-refractivity contribution in [2.45, 2.75) is 78.7 Å². The second kappa shape index (κ2) is 5.94. The molecule has 0 aromatic heterocycles. The number of nitrogens with one attached hydrogen (secondary N) is 1. The first-order chi connectivity index (χ1) is 8.46. The summed E-state index contributed by atoms with van der Waals surface area (Å²) in [4.78, 5) is 0. The smallest absolute Gasteiger partial charge is 0.00979 e. The van der Waals surface area contributed by atoms with Crippen molar-refractivity contribution in [2.75, 3.05) is 6.54 Å². The van der Waals surface area contributed by atoms with Crippen LogP contribution in [-0.2, 0) is 0 Å². The second-order valence-corrected chi connectivity index (χ2v) is 8.04. The molecule has 4 atom stereocenters. The van der Waals surface area contributed by atoms with Crippen molar-refractivity contribution in [1.29, 1.82) is 0 Å². The number of hydrogen-bond donors (Lipinski definition) is 1. The maximum atomic E-state index is 3.85. The van der Waals surface area contributed by atoms with Crippen LogP contribution in [0, 0.1) is 23.2 Å². The van der Waals surface area contributed by atoms with E-state index >= 15 is 0 Å². The van der Waals surface area contributed by atoms with Crippen LogP contribution in [0.4, 0.5) is 0 Å². The first kappa shape index (κ1) is 14.4. The molecule has 1 N–H and O–H groups in total. The van der Waals surface area contributed by atoms with Gasteiger partial charge in [0.15, 0.2) is 0 Å². The third-order valence-electron chi connectivity index (χ3n) is 5.34. The number of hydrogen-bond acceptors (Lipinski definition) is 1. The predicted octanol–water partition coefficient (Wildman–Crippen LogP) is 4.62. The minimum absolute atomic E-state index is 0.566. The van der Waals surface area contributed by atoms with Crippen LogP contribution in [0.1, 0.15) is 72.6 Å². The van der Waals surface area contributed by atoms with Crippen LogP contribution < -0.4 is 5.32 Å². The molecule has 0 aromatic rings. The van der Waals surface area contributed by atoms with E-state index in [1.807, 2.05) is 0 Å². The lowest BCUT2D eigenvalue weighted by atomic mass is 9.81. The van der Waals surface area contributed by atoms with Gasteiger partial charge in [0, 0.05) is 6.04 Å². The fourth-order valence-electron chi connectivity index (χ4n) is 4.46. The Labute approximate surface area is 114 Å². The average Bonchev–Trinajstić information content (AvgIpc) is 2.52. The first-order valence-corrected chi connectivity index (χ1v) is 8.20. The van der Waals surface area contributed by atoms with E-state index in [2.05, 4.69) is 33.0 Å². The Kier molecular flexibility index (Phi) is 4.75. The van der Waals surface area contributed by atoms with Crippen LogP contribution in [0.5, 0.6) is 0 Å². The van der Waals surface area contributed by atoms with Gasteiger partial charge in [0.2, 0.25) is 0 Å². The molecule has 106 valence electrons. The largest absolute Gasteiger partial charge is 0.314 e. The molecule has 2 saturated carbocycles. The predicted molar refractivity (Wildman–Crippen MR) is 79.7 cm³/mol. The van der Waals surface area contributed by atoms with Crippen LogP contribution in [-0.4, -0.2) is 12.6 Å². The molecule has 2 rings (SSSR count). The summed E-state index contributed by atoms with van der Waals surface area (Å²) in [5.41, 5.74) is 0.566. The van der Waals surface area contributed by atoms with E-state index in [4.69, 9.17) is 0 Å². The highest BCUT2D eigenvalue weighted by Gasteiger charge is 2.36. The summed E-state index contributed by atoms with van der Waals surface area (Å²) in [5.74, 6) is 2.85. The SMILES string of the molecule is CC1CCCC(CCNC2CC(C)(C)CC2C)C1. The van der Waals surface area contributed by atoms with E-state index in [-0.39, 0.29) is 0 Å². The molecule has 1 heteroatoms. The molecule has 0 spiro atoms. The third-order valence-corrected chi connectivity index (χ3v) is 5.34. The van der Waals surface area contributed by atoms with Gasteiger partial charge in [-0.1, -0.05) is 47.0 Å². The average molecular weight is 251 g/mol. The summed E-state index contributed by atoms with van der Waals surface area (Å²) in [6, 6.07) is 0.779. The standard InChI is InChI=1S/C17H33N/c1-13-6-5-7-15(10-13)8-9-18-16-12-17(3,4)11-14(16)2/h13-16,18H,5-12H2,1-4H3. The molecular formula is C17H33N. The van der Waals surface area contributed by atoms with Crippen molar-refractivity contribution < 1.29 is 0 Å². The molecule has 0 aromatic carbocycles. The van der Waals surface area contributed by atoms with Crippen molar-refractivity contribution in [1.82, 2.24) is 5.32 Å². The van der Waals surface area contributed by atoms with Gasteiger partial charge in [-0.05, 0) is 55.4 Å². The topological polar surface area (TPSA) is 12.0 Å². The highest BCUT2D eigenvalue weighted by molar-refractivity contribution is 4.91. The molecule has 0 bridgehead atoms. The normalized spacial score (nSPS) is 40.0. The number of rotatable bonds is 4. The summed E-state index contributed by atoms with van der Waals surface area (Å²) < 4.78 is 0. The second-order valence-electron chi connectivity index (χ2n) is 8.04. The minimum atomic E-state index is 0.566. The molecule has 0 aliphatic heterocycles. The monoisotopic (exact) mass is 251 g/mol. The van der Waals surface area contributed by atoms with Gasteiger partial charge < -0.3 is 5.32 Å². The Morgan fingerprint density at radius 3 is 2.50 bits per heavy atom. The Morgan fingerprint density at radius 2 is 1.89 bits per heavy atom. The summed E-state index contributed by atoms with van der Waals surface area (Å²) in [6.45, 7) is 11.0. The maximum absolute atomic E-state index is 3.85. The molecule has 0 saturated heterocycles. The highest BCUT2D eigenvalue weighted by atomic mass is 14.9. The molecule has 2 aliphatic rings. The van der Waals surface area contributed by atoms with Crippen LogP contribution in [0.25, 0.3) is 0 Å². The molecular weight excluding hydrogens is 218 g/mol. The van der Waals surface area contributed by atoms with Gasteiger partial charge in [-0.15, -0.1) is 0 Å². The Balaban J connectivity index is 1.66. The van der Waals surface area contributed by atoms with E-state index in [9.17, 15) is 0 Å².